The van der Waals surface area contributed by atoms with E-state index < -0.39 is 0 Å². The maximum atomic E-state index is 6.60. The molecule has 2 heterocycles. The van der Waals surface area contributed by atoms with E-state index in [1.54, 1.807) is 0 Å². The van der Waals surface area contributed by atoms with Crippen LogP contribution >= 0.6 is 0 Å². The summed E-state index contributed by atoms with van der Waals surface area (Å²) in [6.45, 7) is 0. The van der Waals surface area contributed by atoms with Crippen molar-refractivity contribution >= 4 is 21.9 Å². The molecule has 0 aliphatic heterocycles. The van der Waals surface area contributed by atoms with Crippen molar-refractivity contribution in [2.75, 3.05) is 0 Å². The molecule has 0 radical (unpaired) electrons. The van der Waals surface area contributed by atoms with Crippen LogP contribution in [0.4, 0.5) is 0 Å². The van der Waals surface area contributed by atoms with Gasteiger partial charge in [0.15, 0.2) is 5.82 Å². The first-order chi connectivity index (χ1) is 27.2. The van der Waals surface area contributed by atoms with E-state index in [2.05, 4.69) is 170 Å². The quantitative estimate of drug-likeness (QED) is 0.166. The molecule has 0 fully saturated rings. The van der Waals surface area contributed by atoms with Gasteiger partial charge < -0.3 is 4.42 Å². The van der Waals surface area contributed by atoms with Gasteiger partial charge in [-0.25, -0.2) is 9.97 Å². The zero-order valence-electron chi connectivity index (χ0n) is 29.9. The maximum Gasteiger partial charge on any atom is 0.160 e. The Morgan fingerprint density at radius 2 is 0.764 bits per heavy atom. The molecular formula is C52H34N2O. The van der Waals surface area contributed by atoms with E-state index in [1.165, 1.54) is 11.1 Å². The van der Waals surface area contributed by atoms with Gasteiger partial charge in [0.1, 0.15) is 11.2 Å². The van der Waals surface area contributed by atoms with Crippen molar-refractivity contribution in [1.82, 2.24) is 9.97 Å². The van der Waals surface area contributed by atoms with Gasteiger partial charge in [-0.2, -0.15) is 0 Å². The monoisotopic (exact) mass is 702 g/mol. The van der Waals surface area contributed by atoms with Gasteiger partial charge in [-0.1, -0.05) is 170 Å². The van der Waals surface area contributed by atoms with Gasteiger partial charge in [0.2, 0.25) is 0 Å². The fourth-order valence-electron chi connectivity index (χ4n) is 7.61. The van der Waals surface area contributed by atoms with Crippen LogP contribution in [0.5, 0.6) is 0 Å². The highest BCUT2D eigenvalue weighted by Crippen LogP contribution is 2.41. The Labute approximate surface area is 319 Å². The fraction of sp³-hybridized carbons (Fsp3) is 0. The van der Waals surface area contributed by atoms with E-state index in [-0.39, 0.29) is 0 Å². The lowest BCUT2D eigenvalue weighted by Gasteiger charge is -2.15. The molecule has 0 aliphatic carbocycles. The highest BCUT2D eigenvalue weighted by molar-refractivity contribution is 6.10. The van der Waals surface area contributed by atoms with Crippen molar-refractivity contribution < 1.29 is 4.42 Å². The summed E-state index contributed by atoms with van der Waals surface area (Å²) in [6, 6.07) is 72.2. The van der Waals surface area contributed by atoms with Crippen LogP contribution in [0.1, 0.15) is 0 Å². The summed E-state index contributed by atoms with van der Waals surface area (Å²) in [6.07, 6.45) is 0. The Morgan fingerprint density at radius 3 is 1.51 bits per heavy atom. The summed E-state index contributed by atoms with van der Waals surface area (Å²) in [5.41, 5.74) is 15.4. The van der Waals surface area contributed by atoms with Gasteiger partial charge >= 0.3 is 0 Å². The molecule has 0 saturated carbocycles. The Balaban J connectivity index is 1.22. The molecule has 10 rings (SSSR count). The van der Waals surface area contributed by atoms with Crippen LogP contribution in [0.25, 0.3) is 100 Å². The fourth-order valence-corrected chi connectivity index (χ4v) is 7.61. The van der Waals surface area contributed by atoms with Crippen molar-refractivity contribution in [1.29, 1.82) is 0 Å². The minimum atomic E-state index is 0.675. The summed E-state index contributed by atoms with van der Waals surface area (Å²) in [5.74, 6) is 0.675. The van der Waals surface area contributed by atoms with Gasteiger partial charge in [-0.15, -0.1) is 0 Å². The number of benzene rings is 8. The molecule has 0 saturated heterocycles. The molecule has 55 heavy (non-hydrogen) atoms. The largest absolute Gasteiger partial charge is 0.455 e. The summed E-state index contributed by atoms with van der Waals surface area (Å²) >= 11 is 0. The third kappa shape index (κ3) is 6.18. The lowest BCUT2D eigenvalue weighted by Crippen LogP contribution is -1.97. The highest BCUT2D eigenvalue weighted by atomic mass is 16.3. The molecule has 0 N–H and O–H groups in total. The maximum absolute atomic E-state index is 6.60. The third-order valence-electron chi connectivity index (χ3n) is 10.3. The molecule has 3 heteroatoms. The topological polar surface area (TPSA) is 38.9 Å². The van der Waals surface area contributed by atoms with E-state index in [1.807, 2.05) is 36.4 Å². The molecular weight excluding hydrogens is 669 g/mol. The van der Waals surface area contributed by atoms with E-state index in [9.17, 15) is 0 Å². The lowest BCUT2D eigenvalue weighted by atomic mass is 9.90. The third-order valence-corrected chi connectivity index (χ3v) is 10.3. The smallest absolute Gasteiger partial charge is 0.160 e. The molecule has 0 bridgehead atoms. The molecule has 258 valence electrons. The van der Waals surface area contributed by atoms with Crippen molar-refractivity contribution in [2.24, 2.45) is 0 Å². The summed E-state index contributed by atoms with van der Waals surface area (Å²) < 4.78 is 6.60. The van der Waals surface area contributed by atoms with Crippen LogP contribution in [-0.4, -0.2) is 9.97 Å². The van der Waals surface area contributed by atoms with Crippen LogP contribution in [0.15, 0.2) is 211 Å². The Kier molecular flexibility index (Phi) is 8.16. The molecule has 2 aromatic heterocycles. The summed E-state index contributed by atoms with van der Waals surface area (Å²) in [4.78, 5) is 10.5. The second-order valence-corrected chi connectivity index (χ2v) is 13.8. The van der Waals surface area contributed by atoms with E-state index in [4.69, 9.17) is 14.4 Å². The number of para-hydroxylation sites is 2. The van der Waals surface area contributed by atoms with Crippen LogP contribution in [0.2, 0.25) is 0 Å². The summed E-state index contributed by atoms with van der Waals surface area (Å²) in [5, 5.41) is 2.20. The number of aromatic nitrogens is 2. The molecule has 8 aromatic carbocycles. The van der Waals surface area contributed by atoms with Gasteiger partial charge in [-0.05, 0) is 75.3 Å². The first-order valence-electron chi connectivity index (χ1n) is 18.6. The molecule has 10 aromatic rings. The molecule has 0 aliphatic rings. The van der Waals surface area contributed by atoms with E-state index in [0.29, 0.717) is 5.82 Å². The van der Waals surface area contributed by atoms with Crippen LogP contribution in [0.3, 0.4) is 0 Å². The number of hydrogen-bond donors (Lipinski definition) is 0. The van der Waals surface area contributed by atoms with Crippen molar-refractivity contribution in [2.45, 2.75) is 0 Å². The van der Waals surface area contributed by atoms with Gasteiger partial charge in [-0.3, -0.25) is 0 Å². The number of hydrogen-bond acceptors (Lipinski definition) is 3. The number of nitrogens with zero attached hydrogens (tertiary/aromatic N) is 2. The SMILES string of the molecule is c1ccc(-c2cccc(-c3cc(-c4cc(-c5ccccc5-c5ccccc5)cc(-c5cccc6c5oc5ccccc56)c4)nc(-c4ccccc4)n3)c2)cc1. The predicted molar refractivity (Wildman–Crippen MR) is 227 cm³/mol. The van der Waals surface area contributed by atoms with Crippen LogP contribution in [-0.2, 0) is 0 Å². The first kappa shape index (κ1) is 32.3. The zero-order chi connectivity index (χ0) is 36.6. The number of rotatable bonds is 7. The zero-order valence-corrected chi connectivity index (χ0v) is 29.9. The Bertz CT molecular complexity index is 2970. The molecule has 0 spiro atoms. The second kappa shape index (κ2) is 13.9. The second-order valence-electron chi connectivity index (χ2n) is 13.8. The predicted octanol–water partition coefficient (Wildman–Crippen LogP) is 14.0. The summed E-state index contributed by atoms with van der Waals surface area (Å²) in [7, 11) is 0. The van der Waals surface area contributed by atoms with Crippen molar-refractivity contribution in [3.63, 3.8) is 0 Å². The molecule has 0 amide bonds. The van der Waals surface area contributed by atoms with Gasteiger partial charge in [0.05, 0.1) is 11.4 Å². The van der Waals surface area contributed by atoms with E-state index >= 15 is 0 Å². The lowest BCUT2D eigenvalue weighted by molar-refractivity contribution is 0.670. The van der Waals surface area contributed by atoms with Crippen LogP contribution < -0.4 is 0 Å². The minimum Gasteiger partial charge on any atom is -0.455 e. The average molecular weight is 703 g/mol. The van der Waals surface area contributed by atoms with Crippen LogP contribution in [0, 0.1) is 0 Å². The van der Waals surface area contributed by atoms with Crippen molar-refractivity contribution in [3.05, 3.63) is 206 Å². The number of furan rings is 1. The average Bonchev–Trinajstić information content (AvgIpc) is 3.66. The van der Waals surface area contributed by atoms with E-state index in [0.717, 1.165) is 83.4 Å². The standard InChI is InChI=1S/C52H34N2O/c1-4-16-35(17-5-1)38-22-14-23-39(30-38)48-34-49(54-52(53-48)37-20-8-3-9-21-37)42-32-40(44-25-11-10-24-43(44)36-18-6-2-7-19-36)31-41(33-42)45-27-15-28-47-46-26-12-13-29-50(46)55-51(45)47/h1-34H. The molecule has 0 unspecified atom stereocenters. The van der Waals surface area contributed by atoms with Gasteiger partial charge in [0, 0.05) is 33.0 Å². The first-order valence-corrected chi connectivity index (χ1v) is 18.6. The molecule has 3 nitrogen and oxygen atoms in total. The Hall–Kier alpha value is -7.36. The van der Waals surface area contributed by atoms with Crippen molar-refractivity contribution in [3.8, 4) is 78.4 Å². The highest BCUT2D eigenvalue weighted by Gasteiger charge is 2.18. The Morgan fingerprint density at radius 1 is 0.291 bits per heavy atom. The number of fused-ring (bicyclic) bond motifs is 3. The minimum absolute atomic E-state index is 0.675. The molecule has 0 atom stereocenters. The normalized spacial score (nSPS) is 11.3. The van der Waals surface area contributed by atoms with Gasteiger partial charge in [0.25, 0.3) is 0 Å².